The molecule has 0 fully saturated rings. The lowest BCUT2D eigenvalue weighted by Crippen LogP contribution is -2.32. The highest BCUT2D eigenvalue weighted by Crippen LogP contribution is 2.15. The molecule has 84 valence electrons. The minimum atomic E-state index is -0.457. The molecule has 2 heterocycles. The number of rotatable bonds is 3. The first-order valence-corrected chi connectivity index (χ1v) is 5.53. The molecule has 2 rings (SSSR count). The van der Waals surface area contributed by atoms with Crippen LogP contribution in [0.5, 0.6) is 0 Å². The quantitative estimate of drug-likeness (QED) is 0.631. The fraction of sp³-hybridized carbons (Fsp3) is 0.222. The second kappa shape index (κ2) is 4.75. The van der Waals surface area contributed by atoms with Gasteiger partial charge in [-0.05, 0) is 6.08 Å². The van der Waals surface area contributed by atoms with Crippen molar-refractivity contribution in [1.29, 1.82) is 0 Å². The van der Waals surface area contributed by atoms with Gasteiger partial charge in [-0.2, -0.15) is 0 Å². The van der Waals surface area contributed by atoms with Crippen LogP contribution in [0.25, 0.3) is 0 Å². The summed E-state index contributed by atoms with van der Waals surface area (Å²) in [6, 6.07) is 0. The molecule has 16 heavy (non-hydrogen) atoms. The summed E-state index contributed by atoms with van der Waals surface area (Å²) in [4.78, 5) is 16.8. The second-order valence-electron chi connectivity index (χ2n) is 3.16. The van der Waals surface area contributed by atoms with Crippen LogP contribution in [0.1, 0.15) is 4.88 Å². The number of nitrogens with one attached hydrogen (secondary N) is 1. The van der Waals surface area contributed by atoms with Gasteiger partial charge in [0.25, 0.3) is 6.20 Å². The van der Waals surface area contributed by atoms with Crippen LogP contribution >= 0.6 is 11.3 Å². The standard InChI is InChI=1S/C9H10N4O2S/c14-13(15)6-9-11-2-1-3-12(9)5-8-4-10-7-16-8/h1,3-4,6-7,11H,2,5H2. The molecular weight excluding hydrogens is 228 g/mol. The Balaban J connectivity index is 2.13. The van der Waals surface area contributed by atoms with Crippen molar-refractivity contribution in [2.24, 2.45) is 0 Å². The molecule has 0 saturated carbocycles. The lowest BCUT2D eigenvalue weighted by molar-refractivity contribution is -0.404. The maximum Gasteiger partial charge on any atom is 0.274 e. The zero-order valence-corrected chi connectivity index (χ0v) is 9.18. The molecule has 0 spiro atoms. The Morgan fingerprint density at radius 3 is 3.31 bits per heavy atom. The molecule has 0 unspecified atom stereocenters. The smallest absolute Gasteiger partial charge is 0.274 e. The number of hydrogen-bond donors (Lipinski definition) is 1. The normalized spacial score (nSPS) is 17.5. The van der Waals surface area contributed by atoms with Crippen molar-refractivity contribution in [2.75, 3.05) is 6.54 Å². The van der Waals surface area contributed by atoms with Crippen molar-refractivity contribution in [3.8, 4) is 0 Å². The van der Waals surface area contributed by atoms with Crippen molar-refractivity contribution in [3.63, 3.8) is 0 Å². The highest BCUT2D eigenvalue weighted by Gasteiger charge is 2.14. The molecule has 7 heteroatoms. The molecule has 0 radical (unpaired) electrons. The monoisotopic (exact) mass is 238 g/mol. The summed E-state index contributed by atoms with van der Waals surface area (Å²) in [5.74, 6) is 0.501. The molecule has 1 aliphatic heterocycles. The van der Waals surface area contributed by atoms with Gasteiger partial charge in [0.2, 0.25) is 0 Å². The molecule has 1 N–H and O–H groups in total. The minimum absolute atomic E-state index is 0.457. The van der Waals surface area contributed by atoms with E-state index in [1.807, 2.05) is 12.3 Å². The summed E-state index contributed by atoms with van der Waals surface area (Å²) < 4.78 is 0. The first kappa shape index (κ1) is 10.6. The van der Waals surface area contributed by atoms with Crippen LogP contribution in [-0.4, -0.2) is 21.4 Å². The van der Waals surface area contributed by atoms with E-state index in [1.165, 1.54) is 11.3 Å². The zero-order chi connectivity index (χ0) is 11.4. The topological polar surface area (TPSA) is 71.3 Å². The third-order valence-electron chi connectivity index (χ3n) is 2.03. The highest BCUT2D eigenvalue weighted by molar-refractivity contribution is 7.09. The van der Waals surface area contributed by atoms with Gasteiger partial charge in [-0.1, -0.05) is 0 Å². The molecule has 1 aromatic rings. The second-order valence-corrected chi connectivity index (χ2v) is 4.13. The summed E-state index contributed by atoms with van der Waals surface area (Å²) in [6.07, 6.45) is 6.49. The van der Waals surface area contributed by atoms with E-state index in [-0.39, 0.29) is 0 Å². The Hall–Kier alpha value is -1.89. The van der Waals surface area contributed by atoms with Gasteiger partial charge in [0, 0.05) is 23.8 Å². The molecule has 0 aromatic carbocycles. The summed E-state index contributed by atoms with van der Waals surface area (Å²) in [5.41, 5.74) is 1.74. The number of aromatic nitrogens is 1. The van der Waals surface area contributed by atoms with Gasteiger partial charge in [0.05, 0.1) is 17.0 Å². The lowest BCUT2D eigenvalue weighted by Gasteiger charge is -2.25. The van der Waals surface area contributed by atoms with E-state index < -0.39 is 4.92 Å². The van der Waals surface area contributed by atoms with Gasteiger partial charge in [-0.25, -0.2) is 0 Å². The fourth-order valence-electron chi connectivity index (χ4n) is 1.37. The summed E-state index contributed by atoms with van der Waals surface area (Å²) in [6.45, 7) is 1.20. The Kier molecular flexibility index (Phi) is 3.16. The average Bonchev–Trinajstić information content (AvgIpc) is 2.73. The molecule has 0 amide bonds. The zero-order valence-electron chi connectivity index (χ0n) is 8.37. The molecule has 0 aliphatic carbocycles. The lowest BCUT2D eigenvalue weighted by atomic mass is 10.4. The van der Waals surface area contributed by atoms with Crippen molar-refractivity contribution in [1.82, 2.24) is 15.2 Å². The van der Waals surface area contributed by atoms with Crippen molar-refractivity contribution in [3.05, 3.63) is 51.0 Å². The van der Waals surface area contributed by atoms with Crippen LogP contribution in [0.3, 0.4) is 0 Å². The molecule has 6 nitrogen and oxygen atoms in total. The number of thiazole rings is 1. The van der Waals surface area contributed by atoms with Gasteiger partial charge in [-0.15, -0.1) is 11.3 Å². The van der Waals surface area contributed by atoms with E-state index in [4.69, 9.17) is 0 Å². The van der Waals surface area contributed by atoms with Gasteiger partial charge in [-0.3, -0.25) is 15.1 Å². The SMILES string of the molecule is O=[N+]([O-])C=C1NCC=CN1Cc1cncs1. The molecule has 1 aromatic heterocycles. The summed E-state index contributed by atoms with van der Waals surface area (Å²) in [5, 5.41) is 13.4. The van der Waals surface area contributed by atoms with E-state index in [1.54, 1.807) is 16.6 Å². The predicted octanol–water partition coefficient (Wildman–Crippen LogP) is 1.14. The van der Waals surface area contributed by atoms with Crippen molar-refractivity contribution >= 4 is 11.3 Å². The molecule has 0 bridgehead atoms. The van der Waals surface area contributed by atoms with E-state index in [0.717, 1.165) is 11.1 Å². The summed E-state index contributed by atoms with van der Waals surface area (Å²) in [7, 11) is 0. The van der Waals surface area contributed by atoms with Crippen LogP contribution in [0.4, 0.5) is 0 Å². The van der Waals surface area contributed by atoms with E-state index >= 15 is 0 Å². The van der Waals surface area contributed by atoms with Gasteiger partial charge >= 0.3 is 0 Å². The maximum atomic E-state index is 10.4. The first-order valence-electron chi connectivity index (χ1n) is 4.65. The fourth-order valence-corrected chi connectivity index (χ4v) is 1.96. The maximum absolute atomic E-state index is 10.4. The minimum Gasteiger partial charge on any atom is -0.363 e. The van der Waals surface area contributed by atoms with E-state index in [9.17, 15) is 10.1 Å². The van der Waals surface area contributed by atoms with E-state index in [2.05, 4.69) is 10.3 Å². The Morgan fingerprint density at radius 1 is 1.75 bits per heavy atom. The number of nitrogens with zero attached hydrogens (tertiary/aromatic N) is 3. The Labute approximate surface area is 96.1 Å². The largest absolute Gasteiger partial charge is 0.363 e. The van der Waals surface area contributed by atoms with Crippen LogP contribution in [0.2, 0.25) is 0 Å². The molecule has 0 atom stereocenters. The van der Waals surface area contributed by atoms with Crippen LogP contribution in [0, 0.1) is 10.1 Å². The van der Waals surface area contributed by atoms with Crippen LogP contribution < -0.4 is 5.32 Å². The molecule has 0 saturated heterocycles. The van der Waals surface area contributed by atoms with Crippen molar-refractivity contribution < 1.29 is 4.92 Å². The highest BCUT2D eigenvalue weighted by atomic mass is 32.1. The predicted molar refractivity (Wildman–Crippen MR) is 59.9 cm³/mol. The third kappa shape index (κ3) is 2.57. The number of nitro groups is 1. The van der Waals surface area contributed by atoms with Gasteiger partial charge < -0.3 is 10.2 Å². The van der Waals surface area contributed by atoms with Gasteiger partial charge in [0.15, 0.2) is 5.82 Å². The third-order valence-corrected chi connectivity index (χ3v) is 2.80. The van der Waals surface area contributed by atoms with Crippen molar-refractivity contribution in [2.45, 2.75) is 6.54 Å². The van der Waals surface area contributed by atoms with Crippen LogP contribution in [-0.2, 0) is 6.54 Å². The molecular formula is C9H10N4O2S. The summed E-state index contributed by atoms with van der Waals surface area (Å²) >= 11 is 1.53. The van der Waals surface area contributed by atoms with Crippen LogP contribution in [0.15, 0.2) is 36.0 Å². The molecule has 1 aliphatic rings. The van der Waals surface area contributed by atoms with Gasteiger partial charge in [0.1, 0.15) is 0 Å². The number of hydrogen-bond acceptors (Lipinski definition) is 6. The van der Waals surface area contributed by atoms with E-state index in [0.29, 0.717) is 18.9 Å². The Bertz CT molecular complexity index is 427. The average molecular weight is 238 g/mol. The Morgan fingerprint density at radius 2 is 2.62 bits per heavy atom. The first-order chi connectivity index (χ1) is 7.75.